The van der Waals surface area contributed by atoms with E-state index in [9.17, 15) is 13.2 Å². The fourth-order valence-corrected chi connectivity index (χ4v) is 4.77. The van der Waals surface area contributed by atoms with Crippen molar-refractivity contribution in [2.75, 3.05) is 25.4 Å². The van der Waals surface area contributed by atoms with Crippen molar-refractivity contribution in [3.8, 4) is 5.75 Å². The van der Waals surface area contributed by atoms with Crippen LogP contribution in [0, 0.1) is 5.92 Å². The lowest BCUT2D eigenvalue weighted by Crippen LogP contribution is -2.58. The quantitative estimate of drug-likeness (QED) is 0.761. The Morgan fingerprint density at radius 1 is 1.35 bits per heavy atom. The summed E-state index contributed by atoms with van der Waals surface area (Å²) in [7, 11) is -3.14. The SMILES string of the molecule is CC(C)CS(=O)(=O)C1CN(C(=O)COc2ccc(Cl)cc2Cl)C1. The minimum absolute atomic E-state index is 0.0835. The van der Waals surface area contributed by atoms with Crippen LogP contribution in [0.1, 0.15) is 13.8 Å². The number of carbonyl (C=O) groups is 1. The number of sulfone groups is 1. The Labute approximate surface area is 146 Å². The lowest BCUT2D eigenvalue weighted by Gasteiger charge is -2.38. The van der Waals surface area contributed by atoms with Gasteiger partial charge in [-0.15, -0.1) is 0 Å². The standard InChI is InChI=1S/C15H19Cl2NO4S/c1-10(2)9-23(20,21)12-6-18(7-12)15(19)8-22-14-4-3-11(16)5-13(14)17/h3-5,10,12H,6-9H2,1-2H3. The number of likely N-dealkylation sites (tertiary alicyclic amines) is 1. The summed E-state index contributed by atoms with van der Waals surface area (Å²) in [5.41, 5.74) is 0. The molecule has 0 spiro atoms. The van der Waals surface area contributed by atoms with E-state index in [1.165, 1.54) is 11.0 Å². The highest BCUT2D eigenvalue weighted by molar-refractivity contribution is 7.92. The number of benzene rings is 1. The Bertz CT molecular complexity index is 685. The van der Waals surface area contributed by atoms with Gasteiger partial charge in [0, 0.05) is 18.1 Å². The van der Waals surface area contributed by atoms with Crippen molar-refractivity contribution in [1.82, 2.24) is 4.90 Å². The molecule has 1 heterocycles. The van der Waals surface area contributed by atoms with E-state index >= 15 is 0 Å². The van der Waals surface area contributed by atoms with Gasteiger partial charge in [-0.3, -0.25) is 4.79 Å². The molecule has 23 heavy (non-hydrogen) atoms. The van der Waals surface area contributed by atoms with E-state index in [1.54, 1.807) is 12.1 Å². The fraction of sp³-hybridized carbons (Fsp3) is 0.533. The molecule has 0 aliphatic carbocycles. The van der Waals surface area contributed by atoms with Crippen LogP contribution >= 0.6 is 23.2 Å². The van der Waals surface area contributed by atoms with Gasteiger partial charge in [-0.05, 0) is 24.1 Å². The van der Waals surface area contributed by atoms with Crippen LogP contribution < -0.4 is 4.74 Å². The molecule has 1 fully saturated rings. The van der Waals surface area contributed by atoms with Crippen molar-refractivity contribution in [3.63, 3.8) is 0 Å². The van der Waals surface area contributed by atoms with Gasteiger partial charge in [-0.2, -0.15) is 0 Å². The first-order chi connectivity index (χ1) is 10.7. The van der Waals surface area contributed by atoms with E-state index in [0.717, 1.165) is 0 Å². The second-order valence-corrected chi connectivity index (χ2v) is 9.18. The Hall–Kier alpha value is -0.980. The number of hydrogen-bond donors (Lipinski definition) is 0. The highest BCUT2D eigenvalue weighted by Gasteiger charge is 2.39. The lowest BCUT2D eigenvalue weighted by atomic mass is 10.2. The average molecular weight is 380 g/mol. The Morgan fingerprint density at radius 2 is 2.00 bits per heavy atom. The Kier molecular flexibility index (Phi) is 5.81. The molecule has 1 aliphatic rings. The van der Waals surface area contributed by atoms with Gasteiger partial charge in [0.1, 0.15) is 5.75 Å². The topological polar surface area (TPSA) is 63.7 Å². The number of ether oxygens (including phenoxy) is 1. The smallest absolute Gasteiger partial charge is 0.260 e. The maximum absolute atomic E-state index is 12.0. The van der Waals surface area contributed by atoms with Crippen LogP contribution in [0.2, 0.25) is 10.0 Å². The van der Waals surface area contributed by atoms with E-state index < -0.39 is 15.1 Å². The average Bonchev–Trinajstić information content (AvgIpc) is 2.33. The first-order valence-corrected chi connectivity index (χ1v) is 9.73. The number of carbonyl (C=O) groups excluding carboxylic acids is 1. The van der Waals surface area contributed by atoms with E-state index in [1.807, 2.05) is 13.8 Å². The first kappa shape index (κ1) is 18.4. The Morgan fingerprint density at radius 3 is 2.57 bits per heavy atom. The van der Waals surface area contributed by atoms with Gasteiger partial charge in [0.2, 0.25) is 0 Å². The van der Waals surface area contributed by atoms with Crippen LogP contribution in [-0.4, -0.2) is 49.9 Å². The third kappa shape index (κ3) is 4.75. The van der Waals surface area contributed by atoms with E-state index in [0.29, 0.717) is 15.8 Å². The third-order valence-electron chi connectivity index (χ3n) is 3.52. The summed E-state index contributed by atoms with van der Waals surface area (Å²) in [4.78, 5) is 13.5. The molecule has 0 atom stereocenters. The molecule has 0 bridgehead atoms. The van der Waals surface area contributed by atoms with E-state index in [4.69, 9.17) is 27.9 Å². The molecule has 0 saturated carbocycles. The highest BCUT2D eigenvalue weighted by Crippen LogP contribution is 2.27. The van der Waals surface area contributed by atoms with Crippen molar-refractivity contribution < 1.29 is 17.9 Å². The van der Waals surface area contributed by atoms with Crippen LogP contribution in [0.4, 0.5) is 0 Å². The molecular formula is C15H19Cl2NO4S. The molecule has 5 nitrogen and oxygen atoms in total. The van der Waals surface area contributed by atoms with Crippen molar-refractivity contribution in [3.05, 3.63) is 28.2 Å². The molecule has 8 heteroatoms. The molecule has 1 aliphatic heterocycles. The predicted molar refractivity (Wildman–Crippen MR) is 90.9 cm³/mol. The summed E-state index contributed by atoms with van der Waals surface area (Å²) in [6.45, 7) is 4.00. The van der Waals surface area contributed by atoms with E-state index in [2.05, 4.69) is 0 Å². The zero-order valence-electron chi connectivity index (χ0n) is 13.0. The monoisotopic (exact) mass is 379 g/mol. The molecule has 0 unspecified atom stereocenters. The van der Waals surface area contributed by atoms with Crippen molar-refractivity contribution in [1.29, 1.82) is 0 Å². The highest BCUT2D eigenvalue weighted by atomic mass is 35.5. The molecular weight excluding hydrogens is 361 g/mol. The molecule has 2 rings (SSSR count). The minimum atomic E-state index is -3.14. The van der Waals surface area contributed by atoms with Crippen LogP contribution in [-0.2, 0) is 14.6 Å². The summed E-state index contributed by atoms with van der Waals surface area (Å²) in [6.07, 6.45) is 0. The zero-order chi connectivity index (χ0) is 17.2. The molecule has 0 radical (unpaired) electrons. The van der Waals surface area contributed by atoms with Gasteiger partial charge in [0.05, 0.1) is 16.0 Å². The second kappa shape index (κ2) is 7.28. The van der Waals surface area contributed by atoms with Gasteiger partial charge < -0.3 is 9.64 Å². The lowest BCUT2D eigenvalue weighted by molar-refractivity contribution is -0.136. The number of halogens is 2. The summed E-state index contributed by atoms with van der Waals surface area (Å²) >= 11 is 11.7. The molecule has 1 amide bonds. The van der Waals surface area contributed by atoms with Crippen LogP contribution in [0.3, 0.4) is 0 Å². The molecule has 1 saturated heterocycles. The van der Waals surface area contributed by atoms with Crippen LogP contribution in [0.15, 0.2) is 18.2 Å². The molecule has 1 aromatic carbocycles. The molecule has 0 aromatic heterocycles. The summed E-state index contributed by atoms with van der Waals surface area (Å²) in [5, 5.41) is 0.342. The normalized spacial score (nSPS) is 15.6. The van der Waals surface area contributed by atoms with Crippen molar-refractivity contribution in [2.24, 2.45) is 5.92 Å². The van der Waals surface area contributed by atoms with Gasteiger partial charge in [-0.25, -0.2) is 8.42 Å². The van der Waals surface area contributed by atoms with Crippen molar-refractivity contribution >= 4 is 38.9 Å². The van der Waals surface area contributed by atoms with E-state index in [-0.39, 0.29) is 37.3 Å². The maximum Gasteiger partial charge on any atom is 0.260 e. The summed E-state index contributed by atoms with van der Waals surface area (Å²) in [5.74, 6) is 0.345. The number of hydrogen-bond acceptors (Lipinski definition) is 4. The molecule has 128 valence electrons. The number of amides is 1. The van der Waals surface area contributed by atoms with Crippen molar-refractivity contribution in [2.45, 2.75) is 19.1 Å². The fourth-order valence-electron chi connectivity index (χ4n) is 2.29. The third-order valence-corrected chi connectivity index (χ3v) is 6.49. The first-order valence-electron chi connectivity index (χ1n) is 7.26. The van der Waals surface area contributed by atoms with Crippen LogP contribution in [0.25, 0.3) is 0 Å². The largest absolute Gasteiger partial charge is 0.482 e. The molecule has 1 aromatic rings. The predicted octanol–water partition coefficient (Wildman–Crippen LogP) is 2.65. The summed E-state index contributed by atoms with van der Waals surface area (Å²) < 4.78 is 29.5. The van der Waals surface area contributed by atoms with Gasteiger partial charge in [-0.1, -0.05) is 37.0 Å². The van der Waals surface area contributed by atoms with Gasteiger partial charge >= 0.3 is 0 Å². The zero-order valence-corrected chi connectivity index (χ0v) is 15.3. The van der Waals surface area contributed by atoms with Crippen LogP contribution in [0.5, 0.6) is 5.75 Å². The van der Waals surface area contributed by atoms with Gasteiger partial charge in [0.25, 0.3) is 5.91 Å². The van der Waals surface area contributed by atoms with Gasteiger partial charge in [0.15, 0.2) is 16.4 Å². The maximum atomic E-state index is 12.0. The molecule has 0 N–H and O–H groups in total. The number of rotatable bonds is 6. The minimum Gasteiger partial charge on any atom is -0.482 e. The number of nitrogens with zero attached hydrogens (tertiary/aromatic N) is 1. The second-order valence-electron chi connectivity index (χ2n) is 6.01. The Balaban J connectivity index is 1.83. The summed E-state index contributed by atoms with van der Waals surface area (Å²) in [6, 6.07) is 4.73.